The third-order valence-electron chi connectivity index (χ3n) is 11.5. The van der Waals surface area contributed by atoms with Crippen molar-refractivity contribution in [3.63, 3.8) is 0 Å². The van der Waals surface area contributed by atoms with Crippen LogP contribution in [0.3, 0.4) is 0 Å². The van der Waals surface area contributed by atoms with E-state index in [-0.39, 0.29) is 5.63 Å². The minimum absolute atomic E-state index is 0.330. The Morgan fingerprint density at radius 1 is 0.339 bits per heavy atom. The number of anilines is 3. The first kappa shape index (κ1) is 34.3. The molecule has 0 saturated heterocycles. The van der Waals surface area contributed by atoms with Gasteiger partial charge in [0.15, 0.2) is 5.58 Å². The van der Waals surface area contributed by atoms with Crippen LogP contribution in [0.15, 0.2) is 228 Å². The molecular weight excluding hydrogens is 721 g/mol. The van der Waals surface area contributed by atoms with Crippen LogP contribution in [0.4, 0.5) is 17.1 Å². The van der Waals surface area contributed by atoms with Crippen molar-refractivity contribution >= 4 is 60.6 Å². The Hall–Kier alpha value is -7.95. The van der Waals surface area contributed by atoms with Crippen molar-refractivity contribution in [3.05, 3.63) is 229 Å². The summed E-state index contributed by atoms with van der Waals surface area (Å²) < 4.78 is 8.36. The van der Waals surface area contributed by atoms with Gasteiger partial charge >= 0.3 is 5.63 Å². The van der Waals surface area contributed by atoms with Crippen LogP contribution in [-0.4, -0.2) is 4.57 Å². The normalized spacial score (nSPS) is 11.5. The maximum atomic E-state index is 13.3. The number of para-hydroxylation sites is 1. The number of nitrogens with zero attached hydrogens (tertiary/aromatic N) is 2. The van der Waals surface area contributed by atoms with Gasteiger partial charge in [0.2, 0.25) is 0 Å². The zero-order chi connectivity index (χ0) is 39.3. The van der Waals surface area contributed by atoms with Gasteiger partial charge in [-0.05, 0) is 105 Å². The average molecular weight is 757 g/mol. The molecule has 0 radical (unpaired) electrons. The van der Waals surface area contributed by atoms with E-state index in [0.29, 0.717) is 11.0 Å². The lowest BCUT2D eigenvalue weighted by Crippen LogP contribution is -2.09. The van der Waals surface area contributed by atoms with Crippen LogP contribution in [0.1, 0.15) is 0 Å². The summed E-state index contributed by atoms with van der Waals surface area (Å²) in [6.07, 6.45) is 0. The van der Waals surface area contributed by atoms with Gasteiger partial charge in [0.1, 0.15) is 0 Å². The third kappa shape index (κ3) is 5.98. The van der Waals surface area contributed by atoms with Crippen LogP contribution in [0, 0.1) is 0 Å². The molecule has 0 saturated carbocycles. The van der Waals surface area contributed by atoms with Crippen molar-refractivity contribution in [2.75, 3.05) is 4.90 Å². The molecule has 11 rings (SSSR count). The molecule has 2 aromatic heterocycles. The third-order valence-corrected chi connectivity index (χ3v) is 11.5. The molecule has 59 heavy (non-hydrogen) atoms. The van der Waals surface area contributed by atoms with E-state index in [0.717, 1.165) is 66.5 Å². The molecule has 9 aromatic carbocycles. The molecule has 0 bridgehead atoms. The monoisotopic (exact) mass is 756 g/mol. The Balaban J connectivity index is 0.968. The van der Waals surface area contributed by atoms with E-state index in [1.54, 1.807) is 0 Å². The summed E-state index contributed by atoms with van der Waals surface area (Å²) in [4.78, 5) is 15.6. The Labute approximate surface area is 341 Å². The summed E-state index contributed by atoms with van der Waals surface area (Å²) in [5.74, 6) is 0. The second-order valence-corrected chi connectivity index (χ2v) is 14.9. The van der Waals surface area contributed by atoms with Gasteiger partial charge in [-0.25, -0.2) is 4.79 Å². The van der Waals surface area contributed by atoms with E-state index in [1.807, 2.05) is 36.4 Å². The maximum absolute atomic E-state index is 13.3. The first-order valence-electron chi connectivity index (χ1n) is 19.9. The summed E-state index contributed by atoms with van der Waals surface area (Å²) >= 11 is 0. The van der Waals surface area contributed by atoms with Crippen LogP contribution in [0.25, 0.3) is 82.6 Å². The number of hydrogen-bond acceptors (Lipinski definition) is 3. The maximum Gasteiger partial charge on any atom is 0.344 e. The zero-order valence-electron chi connectivity index (χ0n) is 32.0. The molecule has 4 nitrogen and oxygen atoms in total. The number of hydrogen-bond donors (Lipinski definition) is 0. The van der Waals surface area contributed by atoms with Crippen molar-refractivity contribution in [2.45, 2.75) is 0 Å². The summed E-state index contributed by atoms with van der Waals surface area (Å²) in [6.45, 7) is 0. The van der Waals surface area contributed by atoms with E-state index < -0.39 is 0 Å². The fraction of sp³-hybridized carbons (Fsp3) is 0. The Kier molecular flexibility index (Phi) is 8.26. The molecule has 0 aliphatic carbocycles. The van der Waals surface area contributed by atoms with Gasteiger partial charge < -0.3 is 13.9 Å². The van der Waals surface area contributed by atoms with Gasteiger partial charge in [0.25, 0.3) is 0 Å². The van der Waals surface area contributed by atoms with Gasteiger partial charge in [-0.2, -0.15) is 0 Å². The molecule has 0 atom stereocenters. The predicted octanol–water partition coefficient (Wildman–Crippen LogP) is 14.5. The summed E-state index contributed by atoms with van der Waals surface area (Å²) in [6, 6.07) is 76.3. The van der Waals surface area contributed by atoms with E-state index in [4.69, 9.17) is 4.42 Å². The lowest BCUT2D eigenvalue weighted by atomic mass is 10.0. The van der Waals surface area contributed by atoms with E-state index in [9.17, 15) is 4.79 Å². The molecule has 0 aliphatic heterocycles. The Morgan fingerprint density at radius 3 is 1.27 bits per heavy atom. The highest BCUT2D eigenvalue weighted by molar-refractivity contribution is 6.20. The lowest BCUT2D eigenvalue weighted by Gasteiger charge is -2.26. The first-order chi connectivity index (χ1) is 29.2. The van der Waals surface area contributed by atoms with E-state index >= 15 is 0 Å². The second-order valence-electron chi connectivity index (χ2n) is 14.9. The fourth-order valence-electron chi connectivity index (χ4n) is 8.57. The predicted molar refractivity (Wildman–Crippen MR) is 245 cm³/mol. The molecule has 4 heteroatoms. The van der Waals surface area contributed by atoms with Crippen molar-refractivity contribution in [1.82, 2.24) is 4.57 Å². The van der Waals surface area contributed by atoms with Crippen LogP contribution >= 0.6 is 0 Å². The number of fused-ring (bicyclic) bond motifs is 7. The number of aromatic nitrogens is 1. The summed E-state index contributed by atoms with van der Waals surface area (Å²) in [5, 5.41) is 4.54. The zero-order valence-corrected chi connectivity index (χ0v) is 32.0. The quantitative estimate of drug-likeness (QED) is 0.120. The Morgan fingerprint density at radius 2 is 0.746 bits per heavy atom. The highest BCUT2D eigenvalue weighted by Gasteiger charge is 2.19. The second kappa shape index (κ2) is 14.2. The molecule has 0 N–H and O–H groups in total. The molecular formula is C55H36N2O2. The standard InChI is InChI=1S/C55H36N2O2/c58-55-51-17-8-7-15-47(51)50-36-35-49-48-16-9-10-18-52(48)57(53(49)54(50)59-55)46-33-25-42(26-34-46)41-23-31-45(32-24-41)56(43-27-19-39(20-28-43)37-11-3-1-4-12-37)44-29-21-40(22-30-44)38-13-5-2-6-14-38/h1-36H. The molecule has 0 unspecified atom stereocenters. The highest BCUT2D eigenvalue weighted by Crippen LogP contribution is 2.40. The van der Waals surface area contributed by atoms with Gasteiger partial charge in [-0.3, -0.25) is 0 Å². The van der Waals surface area contributed by atoms with Gasteiger partial charge in [-0.15, -0.1) is 0 Å². The van der Waals surface area contributed by atoms with Gasteiger partial charge in [-0.1, -0.05) is 152 Å². The minimum Gasteiger partial charge on any atom is -0.420 e. The minimum atomic E-state index is -0.330. The molecule has 2 heterocycles. The first-order valence-corrected chi connectivity index (χ1v) is 19.9. The van der Waals surface area contributed by atoms with E-state index in [1.165, 1.54) is 22.3 Å². The molecule has 0 fully saturated rings. The van der Waals surface area contributed by atoms with Crippen molar-refractivity contribution < 1.29 is 4.42 Å². The van der Waals surface area contributed by atoms with Crippen molar-refractivity contribution in [3.8, 4) is 39.1 Å². The average Bonchev–Trinajstić information content (AvgIpc) is 3.65. The van der Waals surface area contributed by atoms with Gasteiger partial charge in [0.05, 0.1) is 16.4 Å². The van der Waals surface area contributed by atoms with Crippen molar-refractivity contribution in [1.29, 1.82) is 0 Å². The van der Waals surface area contributed by atoms with Crippen LogP contribution in [-0.2, 0) is 0 Å². The molecule has 11 aromatic rings. The molecule has 0 spiro atoms. The summed E-state index contributed by atoms with van der Waals surface area (Å²) in [5.41, 5.74) is 13.4. The molecule has 0 aliphatic rings. The molecule has 278 valence electrons. The smallest absolute Gasteiger partial charge is 0.344 e. The lowest BCUT2D eigenvalue weighted by molar-refractivity contribution is 0.572. The van der Waals surface area contributed by atoms with Crippen LogP contribution in [0.2, 0.25) is 0 Å². The van der Waals surface area contributed by atoms with Gasteiger partial charge in [0, 0.05) is 38.9 Å². The van der Waals surface area contributed by atoms with Crippen LogP contribution in [0.5, 0.6) is 0 Å². The topological polar surface area (TPSA) is 38.4 Å². The summed E-state index contributed by atoms with van der Waals surface area (Å²) in [7, 11) is 0. The van der Waals surface area contributed by atoms with E-state index in [2.05, 4.69) is 191 Å². The SMILES string of the molecule is O=c1oc2c(ccc3c4ccccc4n(-c4ccc(-c5ccc(N(c6ccc(-c7ccccc7)cc6)c6ccc(-c7ccccc7)cc6)cc5)cc4)c32)c2ccccc12. The molecule has 0 amide bonds. The highest BCUT2D eigenvalue weighted by atomic mass is 16.4. The van der Waals surface area contributed by atoms with Crippen LogP contribution < -0.4 is 10.5 Å². The number of rotatable bonds is 7. The van der Waals surface area contributed by atoms with Crippen molar-refractivity contribution in [2.24, 2.45) is 0 Å². The fourth-order valence-corrected chi connectivity index (χ4v) is 8.57. The number of benzene rings is 9. The largest absolute Gasteiger partial charge is 0.420 e. The Bertz CT molecular complexity index is 3270.